The Kier molecular flexibility index (Phi) is 3.32. The van der Waals surface area contributed by atoms with E-state index >= 15 is 0 Å². The summed E-state index contributed by atoms with van der Waals surface area (Å²) >= 11 is 10.9. The van der Waals surface area contributed by atoms with Crippen molar-refractivity contribution in [3.63, 3.8) is 0 Å². The zero-order valence-corrected chi connectivity index (χ0v) is 14.0. The van der Waals surface area contributed by atoms with Crippen molar-refractivity contribution in [2.75, 3.05) is 0 Å². The normalized spacial score (nSPS) is 16.8. The Morgan fingerprint density at radius 2 is 1.76 bits per heavy atom. The van der Waals surface area contributed by atoms with E-state index in [2.05, 4.69) is 57.0 Å². The zero-order valence-electron chi connectivity index (χ0n) is 9.22. The fraction of sp³-hybridized carbons (Fsp3) is 0.231. The summed E-state index contributed by atoms with van der Waals surface area (Å²) in [5, 5.41) is 0. The fourth-order valence-corrected chi connectivity index (χ4v) is 5.76. The van der Waals surface area contributed by atoms with E-state index in [4.69, 9.17) is 0 Å². The molecule has 4 heteroatoms. The molecule has 0 radical (unpaired) electrons. The number of aryl methyl sites for hydroxylation is 1. The Bertz CT molecular complexity index is 605. The van der Waals surface area contributed by atoms with Crippen LogP contribution in [0.4, 0.5) is 0 Å². The van der Waals surface area contributed by atoms with Gasteiger partial charge < -0.3 is 0 Å². The lowest BCUT2D eigenvalue weighted by Crippen LogP contribution is -1.83. The van der Waals surface area contributed by atoms with E-state index in [1.165, 1.54) is 34.0 Å². The maximum absolute atomic E-state index is 3.62. The minimum atomic E-state index is 1.14. The molecule has 2 aromatic heterocycles. The monoisotopic (exact) mass is 388 g/mol. The van der Waals surface area contributed by atoms with Crippen LogP contribution in [-0.4, -0.2) is 0 Å². The predicted octanol–water partition coefficient (Wildman–Crippen LogP) is 6.35. The van der Waals surface area contributed by atoms with Gasteiger partial charge in [0.2, 0.25) is 0 Å². The van der Waals surface area contributed by atoms with E-state index in [-0.39, 0.29) is 0 Å². The molecule has 2 heterocycles. The Morgan fingerprint density at radius 1 is 1.06 bits per heavy atom. The van der Waals surface area contributed by atoms with Gasteiger partial charge in [-0.25, -0.2) is 0 Å². The van der Waals surface area contributed by atoms with Crippen LogP contribution < -0.4 is 0 Å². The Hall–Kier alpha value is 0.1000. The average molecular weight is 390 g/mol. The van der Waals surface area contributed by atoms with Gasteiger partial charge in [0.15, 0.2) is 0 Å². The van der Waals surface area contributed by atoms with E-state index in [1.54, 1.807) is 0 Å². The first-order chi connectivity index (χ1) is 8.19. The lowest BCUT2D eigenvalue weighted by atomic mass is 10.0. The highest BCUT2D eigenvalue weighted by Crippen LogP contribution is 2.48. The summed E-state index contributed by atoms with van der Waals surface area (Å²) in [4.78, 5) is 2.87. The number of hydrogen-bond acceptors (Lipinski definition) is 2. The van der Waals surface area contributed by atoms with Crippen molar-refractivity contribution in [2.45, 2.75) is 19.8 Å². The second-order valence-electron chi connectivity index (χ2n) is 4.01. The molecule has 2 aromatic rings. The quantitative estimate of drug-likeness (QED) is 0.492. The highest BCUT2D eigenvalue weighted by molar-refractivity contribution is 9.11. The molecule has 0 saturated heterocycles. The van der Waals surface area contributed by atoms with Gasteiger partial charge in [-0.05, 0) is 80.5 Å². The molecule has 0 fully saturated rings. The molecule has 0 atom stereocenters. The van der Waals surface area contributed by atoms with Gasteiger partial charge in [0.05, 0.1) is 12.4 Å². The molecule has 0 saturated carbocycles. The summed E-state index contributed by atoms with van der Waals surface area (Å²) in [7, 11) is 0. The molecule has 0 unspecified atom stereocenters. The van der Waals surface area contributed by atoms with Gasteiger partial charge in [-0.3, -0.25) is 0 Å². The smallest absolute Gasteiger partial charge is 0.0711 e. The minimum Gasteiger partial charge on any atom is -0.127 e. The van der Waals surface area contributed by atoms with Gasteiger partial charge in [-0.1, -0.05) is 6.08 Å². The second kappa shape index (κ2) is 4.65. The summed E-state index contributed by atoms with van der Waals surface area (Å²) in [6.45, 7) is 2.14. The van der Waals surface area contributed by atoms with Crippen LogP contribution >= 0.6 is 54.5 Å². The summed E-state index contributed by atoms with van der Waals surface area (Å²) in [6.07, 6.45) is 4.54. The van der Waals surface area contributed by atoms with Crippen molar-refractivity contribution >= 4 is 60.1 Å². The van der Waals surface area contributed by atoms with Gasteiger partial charge in [0.1, 0.15) is 0 Å². The lowest BCUT2D eigenvalue weighted by Gasteiger charge is -2.02. The summed E-state index contributed by atoms with van der Waals surface area (Å²) in [5.74, 6) is 0. The van der Waals surface area contributed by atoms with Crippen molar-refractivity contribution in [3.05, 3.63) is 36.9 Å². The number of rotatable bonds is 0. The molecule has 0 aromatic carbocycles. The molecule has 3 rings (SSSR count). The molecule has 0 amide bonds. The van der Waals surface area contributed by atoms with Crippen molar-refractivity contribution in [3.8, 4) is 9.75 Å². The maximum atomic E-state index is 3.62. The number of fused-ring (bicyclic) bond motifs is 3. The first-order valence-electron chi connectivity index (χ1n) is 5.42. The molecule has 0 aliphatic heterocycles. The molecule has 17 heavy (non-hydrogen) atoms. The predicted molar refractivity (Wildman–Crippen MR) is 85.0 cm³/mol. The van der Waals surface area contributed by atoms with Crippen LogP contribution in [0.3, 0.4) is 0 Å². The maximum Gasteiger partial charge on any atom is 0.0711 e. The molecule has 0 N–H and O–H groups in total. The van der Waals surface area contributed by atoms with Crippen molar-refractivity contribution < 1.29 is 0 Å². The molecule has 88 valence electrons. The lowest BCUT2D eigenvalue weighted by molar-refractivity contribution is 1.03. The van der Waals surface area contributed by atoms with Crippen LogP contribution in [0.1, 0.15) is 24.5 Å². The van der Waals surface area contributed by atoms with Crippen LogP contribution in [-0.2, 0) is 6.42 Å². The summed E-state index contributed by atoms with van der Waals surface area (Å²) in [5.41, 5.74) is 4.37. The molecule has 0 bridgehead atoms. The Morgan fingerprint density at radius 3 is 2.53 bits per heavy atom. The average Bonchev–Trinajstić information content (AvgIpc) is 2.80. The number of hydrogen-bond donors (Lipinski definition) is 0. The van der Waals surface area contributed by atoms with Gasteiger partial charge in [-0.2, -0.15) is 0 Å². The van der Waals surface area contributed by atoms with Crippen LogP contribution in [0.2, 0.25) is 0 Å². The van der Waals surface area contributed by atoms with Crippen LogP contribution in [0.25, 0.3) is 15.3 Å². The molecule has 0 nitrogen and oxygen atoms in total. The third-order valence-electron chi connectivity index (χ3n) is 3.05. The number of halogens is 2. The Balaban J connectivity index is 2.29. The van der Waals surface area contributed by atoms with Crippen molar-refractivity contribution in [2.24, 2.45) is 0 Å². The van der Waals surface area contributed by atoms with Crippen LogP contribution in [0, 0.1) is 0 Å². The van der Waals surface area contributed by atoms with E-state index in [1.807, 2.05) is 22.7 Å². The molecular weight excluding hydrogens is 380 g/mol. The Labute approximate surface area is 126 Å². The number of allylic oxidation sites excluding steroid dienone is 2. The van der Waals surface area contributed by atoms with Crippen molar-refractivity contribution in [1.82, 2.24) is 0 Å². The highest BCUT2D eigenvalue weighted by Gasteiger charge is 2.22. The van der Waals surface area contributed by atoms with Gasteiger partial charge in [0.25, 0.3) is 0 Å². The minimum absolute atomic E-state index is 1.14. The van der Waals surface area contributed by atoms with E-state index in [0.29, 0.717) is 0 Å². The fourth-order valence-electron chi connectivity index (χ4n) is 2.24. The number of thiophene rings is 2. The van der Waals surface area contributed by atoms with E-state index in [9.17, 15) is 0 Å². The third kappa shape index (κ3) is 2.09. The second-order valence-corrected chi connectivity index (χ2v) is 8.87. The first-order valence-corrected chi connectivity index (χ1v) is 8.64. The van der Waals surface area contributed by atoms with Gasteiger partial charge in [0, 0.05) is 4.88 Å². The zero-order chi connectivity index (χ0) is 12.0. The van der Waals surface area contributed by atoms with Crippen LogP contribution in [0.15, 0.2) is 25.8 Å². The SMILES string of the molecule is C/C=C1\CCc2cc(Br)sc2-c2sc(Br)cc21. The summed E-state index contributed by atoms with van der Waals surface area (Å²) in [6, 6.07) is 4.54. The standard InChI is InChI=1S/C13H10Br2S2/c1-2-7-3-4-8-5-10(14)16-12(8)13-9(7)6-11(15)17-13/h2,5-6H,3-4H2,1H3/b7-2+. The topological polar surface area (TPSA) is 0 Å². The molecule has 0 spiro atoms. The van der Waals surface area contributed by atoms with Crippen molar-refractivity contribution in [1.29, 1.82) is 0 Å². The van der Waals surface area contributed by atoms with Gasteiger partial charge >= 0.3 is 0 Å². The van der Waals surface area contributed by atoms with Crippen LogP contribution in [0.5, 0.6) is 0 Å². The first kappa shape index (κ1) is 12.2. The molecule has 1 aliphatic rings. The molecule has 1 aliphatic carbocycles. The third-order valence-corrected chi connectivity index (χ3v) is 6.53. The summed E-state index contributed by atoms with van der Waals surface area (Å²) < 4.78 is 2.46. The largest absolute Gasteiger partial charge is 0.127 e. The highest BCUT2D eigenvalue weighted by atomic mass is 79.9. The van der Waals surface area contributed by atoms with Gasteiger partial charge in [-0.15, -0.1) is 22.7 Å². The molecular formula is C13H10Br2S2. The van der Waals surface area contributed by atoms with E-state index < -0.39 is 0 Å². The van der Waals surface area contributed by atoms with E-state index in [0.717, 1.165) is 12.8 Å².